The van der Waals surface area contributed by atoms with Crippen molar-refractivity contribution < 1.29 is 0 Å². The van der Waals surface area contributed by atoms with E-state index in [2.05, 4.69) is 351 Å². The standard InChI is InChI=1S/C88H73BN2/c1-86(2,3)66-50-71(57-28-17-11-18-29-57)84(72(51-66)58-30-19-12-20-31-58)90-77-46-42-64(56-26-15-10-16-27-56)48-75(77)89-76-49-65(69-44-40-63-39-38-61-36-25-37-62-41-45-70(69)82(63)81(61)62)43-47-78(76)91(80-55-68(88(7,8)9)54-79(90)83(80)89)85-73(59-32-21-13-22-33-59)52-67(87(4,5)6)53-74(85)60-34-23-14-24-35-60/h10-55H,1-9H3. The summed E-state index contributed by atoms with van der Waals surface area (Å²) in [5, 5.41) is 7.71. The van der Waals surface area contributed by atoms with Gasteiger partial charge in [0.1, 0.15) is 0 Å². The molecule has 0 fully saturated rings. The summed E-state index contributed by atoms with van der Waals surface area (Å²) in [5.41, 5.74) is 28.4. The Labute approximate surface area is 537 Å². The van der Waals surface area contributed by atoms with Crippen molar-refractivity contribution in [1.29, 1.82) is 0 Å². The van der Waals surface area contributed by atoms with Crippen molar-refractivity contribution in [2.24, 2.45) is 0 Å². The number of anilines is 6. The highest BCUT2D eigenvalue weighted by Crippen LogP contribution is 2.55. The second kappa shape index (κ2) is 21.2. The third-order valence-corrected chi connectivity index (χ3v) is 19.6. The molecule has 0 saturated carbocycles. The van der Waals surface area contributed by atoms with Crippen LogP contribution in [-0.2, 0) is 16.2 Å². The lowest BCUT2D eigenvalue weighted by Crippen LogP contribution is -2.61. The molecule has 3 heteroatoms. The van der Waals surface area contributed by atoms with Gasteiger partial charge >= 0.3 is 0 Å². The first-order valence-corrected chi connectivity index (χ1v) is 32.4. The lowest BCUT2D eigenvalue weighted by atomic mass is 9.33. The SMILES string of the molecule is CC(C)(C)c1cc(-c2ccccc2)c(N2c3ccc(-c4ccccc4)cc3B3c4cc(-c5ccc6ccc7cccc8ccc5c6c78)ccc4N(c4c(-c5ccccc5)cc(C(C)(C)C)cc4-c4ccccc4)c4cc(C(C)(C)C)cc2c43)c(-c2ccccc2)c1. The van der Waals surface area contributed by atoms with Crippen LogP contribution in [0.4, 0.5) is 34.1 Å². The quantitative estimate of drug-likeness (QED) is 0.111. The summed E-state index contributed by atoms with van der Waals surface area (Å²) in [6, 6.07) is 107. The number of benzene rings is 14. The van der Waals surface area contributed by atoms with Crippen LogP contribution in [0.25, 0.3) is 99.1 Å². The zero-order valence-electron chi connectivity index (χ0n) is 53.5. The van der Waals surface area contributed by atoms with Gasteiger partial charge in [-0.1, -0.05) is 293 Å². The summed E-state index contributed by atoms with van der Waals surface area (Å²) < 4.78 is 0. The van der Waals surface area contributed by atoms with Crippen molar-refractivity contribution in [2.45, 2.75) is 78.6 Å². The van der Waals surface area contributed by atoms with Gasteiger partial charge in [0.05, 0.1) is 11.4 Å². The van der Waals surface area contributed by atoms with Crippen LogP contribution in [0.5, 0.6) is 0 Å². The van der Waals surface area contributed by atoms with E-state index in [4.69, 9.17) is 0 Å². The van der Waals surface area contributed by atoms with Gasteiger partial charge in [0.2, 0.25) is 0 Å². The Hall–Kier alpha value is -10.2. The summed E-state index contributed by atoms with van der Waals surface area (Å²) in [7, 11) is 0. The van der Waals surface area contributed by atoms with Crippen LogP contribution in [0, 0.1) is 0 Å². The van der Waals surface area contributed by atoms with E-state index in [1.807, 2.05) is 0 Å². The second-order valence-electron chi connectivity index (χ2n) is 28.5. The molecule has 0 atom stereocenters. The molecule has 0 unspecified atom stereocenters. The van der Waals surface area contributed by atoms with Crippen molar-refractivity contribution in [3.63, 3.8) is 0 Å². The molecule has 2 aliphatic heterocycles. The average Bonchev–Trinajstić information content (AvgIpc) is 0.691. The van der Waals surface area contributed by atoms with E-state index < -0.39 is 0 Å². The maximum atomic E-state index is 2.72. The fourth-order valence-corrected chi connectivity index (χ4v) is 14.9. The van der Waals surface area contributed by atoms with Crippen molar-refractivity contribution in [3.05, 3.63) is 296 Å². The fourth-order valence-electron chi connectivity index (χ4n) is 14.9. The zero-order valence-corrected chi connectivity index (χ0v) is 53.5. The fraction of sp³-hybridized carbons (Fsp3) is 0.136. The van der Waals surface area contributed by atoms with Crippen molar-refractivity contribution in [3.8, 4) is 66.8 Å². The Kier molecular flexibility index (Phi) is 13.1. The molecule has 0 aliphatic carbocycles. The normalized spacial score (nSPS) is 13.0. The van der Waals surface area contributed by atoms with Gasteiger partial charge in [-0.2, -0.15) is 0 Å². The molecule has 0 N–H and O–H groups in total. The Bertz CT molecular complexity index is 4990. The van der Waals surface area contributed by atoms with Gasteiger partial charge in [-0.25, -0.2) is 0 Å². The highest BCUT2D eigenvalue weighted by atomic mass is 15.2. The molecule has 2 heterocycles. The maximum Gasteiger partial charge on any atom is 0.252 e. The molecule has 0 saturated heterocycles. The first-order chi connectivity index (χ1) is 44.0. The van der Waals surface area contributed by atoms with E-state index in [1.165, 1.54) is 155 Å². The highest BCUT2D eigenvalue weighted by molar-refractivity contribution is 7.00. The van der Waals surface area contributed by atoms with Gasteiger partial charge in [-0.3, -0.25) is 0 Å². The first kappa shape index (κ1) is 56.1. The molecule has 0 spiro atoms. The lowest BCUT2D eigenvalue weighted by molar-refractivity contribution is 0.590. The van der Waals surface area contributed by atoms with Gasteiger partial charge < -0.3 is 9.80 Å². The van der Waals surface area contributed by atoms with E-state index in [-0.39, 0.29) is 23.0 Å². The predicted molar refractivity (Wildman–Crippen MR) is 393 cm³/mol. The Morgan fingerprint density at radius 2 is 0.604 bits per heavy atom. The van der Waals surface area contributed by atoms with Gasteiger partial charge in [0.25, 0.3) is 6.71 Å². The monoisotopic (exact) mass is 1170 g/mol. The van der Waals surface area contributed by atoms with Gasteiger partial charge in [-0.15, -0.1) is 0 Å². The molecule has 0 aromatic heterocycles. The molecule has 2 aliphatic rings. The number of nitrogens with zero attached hydrogens (tertiary/aromatic N) is 2. The van der Waals surface area contributed by atoms with Crippen LogP contribution >= 0.6 is 0 Å². The van der Waals surface area contributed by atoms with E-state index in [0.717, 1.165) is 11.4 Å². The number of hydrogen-bond acceptors (Lipinski definition) is 2. The third kappa shape index (κ3) is 9.39. The van der Waals surface area contributed by atoms with E-state index >= 15 is 0 Å². The molecule has 0 amide bonds. The van der Waals surface area contributed by atoms with Crippen molar-refractivity contribution >= 4 is 89.5 Å². The molecule has 438 valence electrons. The van der Waals surface area contributed by atoms with Gasteiger partial charge in [-0.05, 0) is 175 Å². The van der Waals surface area contributed by atoms with Gasteiger partial charge in [0, 0.05) is 45.0 Å². The summed E-state index contributed by atoms with van der Waals surface area (Å²) in [6.07, 6.45) is 0. The molecule has 14 aromatic rings. The summed E-state index contributed by atoms with van der Waals surface area (Å²) >= 11 is 0. The van der Waals surface area contributed by atoms with Crippen LogP contribution in [-0.4, -0.2) is 6.71 Å². The molecular formula is C88H73BN2. The largest absolute Gasteiger partial charge is 0.310 e. The number of hydrogen-bond donors (Lipinski definition) is 0. The van der Waals surface area contributed by atoms with Crippen LogP contribution in [0.1, 0.15) is 79.0 Å². The Morgan fingerprint density at radius 3 is 1.02 bits per heavy atom. The molecule has 16 rings (SSSR count). The first-order valence-electron chi connectivity index (χ1n) is 32.4. The van der Waals surface area contributed by atoms with Crippen LogP contribution < -0.4 is 26.2 Å². The summed E-state index contributed by atoms with van der Waals surface area (Å²) in [5.74, 6) is 0. The third-order valence-electron chi connectivity index (χ3n) is 19.6. The minimum Gasteiger partial charge on any atom is -0.310 e. The Balaban J connectivity index is 1.10. The smallest absolute Gasteiger partial charge is 0.252 e. The highest BCUT2D eigenvalue weighted by Gasteiger charge is 2.46. The number of rotatable bonds is 8. The van der Waals surface area contributed by atoms with E-state index in [1.54, 1.807) is 0 Å². The molecule has 14 aromatic carbocycles. The van der Waals surface area contributed by atoms with Crippen LogP contribution in [0.15, 0.2) is 279 Å². The summed E-state index contributed by atoms with van der Waals surface area (Å²) in [6.45, 7) is 21.1. The van der Waals surface area contributed by atoms with E-state index in [0.29, 0.717) is 0 Å². The van der Waals surface area contributed by atoms with Crippen LogP contribution in [0.3, 0.4) is 0 Å². The van der Waals surface area contributed by atoms with Crippen molar-refractivity contribution in [1.82, 2.24) is 0 Å². The minimum absolute atomic E-state index is 0.154. The minimum atomic E-state index is -0.268. The summed E-state index contributed by atoms with van der Waals surface area (Å²) in [4.78, 5) is 5.42. The van der Waals surface area contributed by atoms with Crippen LogP contribution in [0.2, 0.25) is 0 Å². The molecule has 0 radical (unpaired) electrons. The molecular weight excluding hydrogens is 1100 g/mol. The van der Waals surface area contributed by atoms with Gasteiger partial charge in [0.15, 0.2) is 0 Å². The predicted octanol–water partition coefficient (Wildman–Crippen LogP) is 22.6. The second-order valence-corrected chi connectivity index (χ2v) is 28.5. The lowest BCUT2D eigenvalue weighted by Gasteiger charge is -2.47. The van der Waals surface area contributed by atoms with E-state index in [9.17, 15) is 0 Å². The van der Waals surface area contributed by atoms with Crippen molar-refractivity contribution in [2.75, 3.05) is 9.80 Å². The topological polar surface area (TPSA) is 6.48 Å². The maximum absolute atomic E-state index is 2.72. The molecule has 91 heavy (non-hydrogen) atoms. The Morgan fingerprint density at radius 1 is 0.253 bits per heavy atom. The average molecular weight is 1170 g/mol. The zero-order chi connectivity index (χ0) is 62.1. The number of fused-ring (bicyclic) bond motifs is 4. The molecule has 0 bridgehead atoms. The molecule has 2 nitrogen and oxygen atoms in total.